The number of benzene rings is 1. The summed E-state index contributed by atoms with van der Waals surface area (Å²) in [4.78, 5) is 9.48. The first kappa shape index (κ1) is 23.5. The first-order valence-corrected chi connectivity index (χ1v) is 13.4. The van der Waals surface area contributed by atoms with Gasteiger partial charge < -0.3 is 9.30 Å². The van der Waals surface area contributed by atoms with Gasteiger partial charge in [-0.2, -0.15) is 0 Å². The van der Waals surface area contributed by atoms with Crippen molar-refractivity contribution in [2.45, 2.75) is 37.0 Å². The highest BCUT2D eigenvalue weighted by molar-refractivity contribution is 7.99. The highest BCUT2D eigenvalue weighted by Crippen LogP contribution is 2.30. The molecule has 0 amide bonds. The lowest BCUT2D eigenvalue weighted by Gasteiger charge is -2.31. The number of ether oxygens (including phenoxy) is 1. The summed E-state index contributed by atoms with van der Waals surface area (Å²) >= 11 is 1.84. The third-order valence-corrected chi connectivity index (χ3v) is 7.68. The smallest absolute Gasteiger partial charge is 0.191 e. The Hall–Kier alpha value is -2.26. The summed E-state index contributed by atoms with van der Waals surface area (Å²) in [6.45, 7) is 8.70. The summed E-state index contributed by atoms with van der Waals surface area (Å²) in [6, 6.07) is 16.9. The molecule has 1 aromatic carbocycles. The molecule has 0 atom stereocenters. The normalized spacial score (nSPS) is 18.4. The van der Waals surface area contributed by atoms with Crippen LogP contribution >= 0.6 is 11.8 Å². The molecule has 0 unspecified atom stereocenters. The van der Waals surface area contributed by atoms with Crippen LogP contribution in [-0.4, -0.2) is 81.2 Å². The molecule has 0 spiro atoms. The van der Waals surface area contributed by atoms with E-state index in [-0.39, 0.29) is 0 Å². The van der Waals surface area contributed by atoms with Crippen molar-refractivity contribution < 1.29 is 4.74 Å². The zero-order valence-electron chi connectivity index (χ0n) is 19.8. The van der Waals surface area contributed by atoms with Crippen molar-refractivity contribution in [2.75, 3.05) is 51.7 Å². The van der Waals surface area contributed by atoms with Crippen molar-refractivity contribution in [1.29, 1.82) is 0 Å². The average molecular weight is 479 g/mol. The molecule has 2 saturated heterocycles. The number of hydrogen-bond donors (Lipinski definition) is 0. The number of thioether (sulfide) groups is 1. The molecule has 0 radical (unpaired) electrons. The van der Waals surface area contributed by atoms with Gasteiger partial charge in [0.1, 0.15) is 5.82 Å². The van der Waals surface area contributed by atoms with Gasteiger partial charge in [-0.05, 0) is 43.6 Å². The van der Waals surface area contributed by atoms with Crippen LogP contribution in [0.4, 0.5) is 0 Å². The minimum atomic E-state index is 0.449. The maximum atomic E-state index is 5.48. The maximum Gasteiger partial charge on any atom is 0.191 e. The fourth-order valence-corrected chi connectivity index (χ4v) is 5.73. The van der Waals surface area contributed by atoms with Crippen LogP contribution in [-0.2, 0) is 17.8 Å². The number of aromatic nitrogens is 4. The van der Waals surface area contributed by atoms with E-state index < -0.39 is 0 Å². The highest BCUT2D eigenvalue weighted by Gasteiger charge is 2.26. The van der Waals surface area contributed by atoms with E-state index in [9.17, 15) is 0 Å². The van der Waals surface area contributed by atoms with Crippen LogP contribution in [0.2, 0.25) is 0 Å². The SMILES string of the molecule is c1ccc(Cn2c(SCCN3CCOCC3)nnc2C2CCN(Cc3ccccn3)CC2)cc1. The Morgan fingerprint density at radius 1 is 0.853 bits per heavy atom. The molecule has 0 N–H and O–H groups in total. The van der Waals surface area contributed by atoms with Gasteiger partial charge in [0, 0.05) is 44.0 Å². The minimum Gasteiger partial charge on any atom is -0.379 e. The van der Waals surface area contributed by atoms with Gasteiger partial charge >= 0.3 is 0 Å². The Morgan fingerprint density at radius 2 is 1.65 bits per heavy atom. The van der Waals surface area contributed by atoms with E-state index in [1.807, 2.05) is 24.0 Å². The molecular weight excluding hydrogens is 444 g/mol. The predicted molar refractivity (Wildman–Crippen MR) is 135 cm³/mol. The molecule has 4 heterocycles. The molecule has 180 valence electrons. The second-order valence-corrected chi connectivity index (χ2v) is 10.1. The topological polar surface area (TPSA) is 59.3 Å². The van der Waals surface area contributed by atoms with Crippen LogP contribution in [0.25, 0.3) is 0 Å². The van der Waals surface area contributed by atoms with E-state index in [0.717, 1.165) is 94.3 Å². The Labute approximate surface area is 206 Å². The summed E-state index contributed by atoms with van der Waals surface area (Å²) < 4.78 is 7.85. The molecule has 0 bridgehead atoms. The lowest BCUT2D eigenvalue weighted by molar-refractivity contribution is 0.0410. The first-order valence-electron chi connectivity index (χ1n) is 12.4. The summed E-state index contributed by atoms with van der Waals surface area (Å²) in [5.41, 5.74) is 2.44. The second kappa shape index (κ2) is 11.9. The Bertz CT molecular complexity index is 1000. The third-order valence-electron chi connectivity index (χ3n) is 6.74. The van der Waals surface area contributed by atoms with Crippen molar-refractivity contribution >= 4 is 11.8 Å². The number of nitrogens with zero attached hydrogens (tertiary/aromatic N) is 6. The lowest BCUT2D eigenvalue weighted by atomic mass is 9.95. The van der Waals surface area contributed by atoms with E-state index in [1.54, 1.807) is 0 Å². The van der Waals surface area contributed by atoms with Gasteiger partial charge in [-0.15, -0.1) is 10.2 Å². The monoisotopic (exact) mass is 478 g/mol. The van der Waals surface area contributed by atoms with Crippen molar-refractivity contribution in [2.24, 2.45) is 0 Å². The number of hydrogen-bond acceptors (Lipinski definition) is 7. The van der Waals surface area contributed by atoms with Gasteiger partial charge in [0.25, 0.3) is 0 Å². The van der Waals surface area contributed by atoms with Crippen molar-refractivity contribution in [3.63, 3.8) is 0 Å². The Morgan fingerprint density at radius 3 is 2.41 bits per heavy atom. The first-order chi connectivity index (χ1) is 16.8. The average Bonchev–Trinajstić information content (AvgIpc) is 3.28. The largest absolute Gasteiger partial charge is 0.379 e. The van der Waals surface area contributed by atoms with Gasteiger partial charge in [-0.3, -0.25) is 14.8 Å². The molecule has 0 saturated carbocycles. The second-order valence-electron chi connectivity index (χ2n) is 9.09. The number of piperidine rings is 1. The van der Waals surface area contributed by atoms with E-state index in [4.69, 9.17) is 9.84 Å². The van der Waals surface area contributed by atoms with Crippen LogP contribution in [0, 0.1) is 0 Å². The van der Waals surface area contributed by atoms with Crippen molar-refractivity contribution in [3.05, 3.63) is 71.8 Å². The van der Waals surface area contributed by atoms with Crippen molar-refractivity contribution in [1.82, 2.24) is 29.5 Å². The molecule has 0 aliphatic carbocycles. The molecule has 2 aromatic heterocycles. The molecular formula is C26H34N6OS. The molecule has 2 fully saturated rings. The van der Waals surface area contributed by atoms with Gasteiger partial charge in [0.15, 0.2) is 5.16 Å². The zero-order valence-corrected chi connectivity index (χ0v) is 20.6. The molecule has 7 nitrogen and oxygen atoms in total. The van der Waals surface area contributed by atoms with E-state index in [0.29, 0.717) is 5.92 Å². The lowest BCUT2D eigenvalue weighted by Crippen LogP contribution is -2.37. The molecule has 8 heteroatoms. The third kappa shape index (κ3) is 6.24. The van der Waals surface area contributed by atoms with Crippen LogP contribution < -0.4 is 0 Å². The number of likely N-dealkylation sites (tertiary alicyclic amines) is 1. The van der Waals surface area contributed by atoms with Gasteiger partial charge in [-0.25, -0.2) is 0 Å². The standard InChI is InChI=1S/C26H34N6OS/c1-2-6-22(7-3-1)20-32-25(28-29-26(32)34-19-16-30-14-17-33-18-15-30)23-9-12-31(13-10-23)21-24-8-4-5-11-27-24/h1-8,11,23H,9-10,12-21H2. The van der Waals surface area contributed by atoms with Crippen LogP contribution in [0.1, 0.15) is 35.8 Å². The van der Waals surface area contributed by atoms with E-state index in [2.05, 4.69) is 66.9 Å². The van der Waals surface area contributed by atoms with Crippen LogP contribution in [0.5, 0.6) is 0 Å². The predicted octanol–water partition coefficient (Wildman–Crippen LogP) is 3.53. The fourth-order valence-electron chi connectivity index (χ4n) is 4.78. The molecule has 3 aromatic rings. The fraction of sp³-hybridized carbons (Fsp3) is 0.500. The number of pyridine rings is 1. The molecule has 34 heavy (non-hydrogen) atoms. The minimum absolute atomic E-state index is 0.449. The Balaban J connectivity index is 1.24. The quantitative estimate of drug-likeness (QED) is 0.436. The highest BCUT2D eigenvalue weighted by atomic mass is 32.2. The zero-order chi connectivity index (χ0) is 23.0. The Kier molecular flexibility index (Phi) is 8.24. The summed E-state index contributed by atoms with van der Waals surface area (Å²) in [6.07, 6.45) is 4.10. The van der Waals surface area contributed by atoms with Crippen LogP contribution in [0.3, 0.4) is 0 Å². The van der Waals surface area contributed by atoms with Gasteiger partial charge in [0.2, 0.25) is 0 Å². The van der Waals surface area contributed by atoms with Gasteiger partial charge in [0.05, 0.1) is 25.5 Å². The summed E-state index contributed by atoms with van der Waals surface area (Å²) in [5, 5.41) is 10.4. The summed E-state index contributed by atoms with van der Waals surface area (Å²) in [5.74, 6) is 2.62. The van der Waals surface area contributed by atoms with Crippen molar-refractivity contribution in [3.8, 4) is 0 Å². The maximum absolute atomic E-state index is 5.48. The van der Waals surface area contributed by atoms with E-state index in [1.165, 1.54) is 5.56 Å². The molecule has 2 aliphatic rings. The molecule has 5 rings (SSSR count). The van der Waals surface area contributed by atoms with E-state index >= 15 is 0 Å². The number of rotatable bonds is 9. The molecule has 2 aliphatic heterocycles. The van der Waals surface area contributed by atoms with Gasteiger partial charge in [-0.1, -0.05) is 48.2 Å². The number of morpholine rings is 1. The summed E-state index contributed by atoms with van der Waals surface area (Å²) in [7, 11) is 0. The van der Waals surface area contributed by atoms with Crippen LogP contribution in [0.15, 0.2) is 59.9 Å².